The van der Waals surface area contributed by atoms with Gasteiger partial charge in [0.05, 0.1) is 10.9 Å². The number of alkyl halides is 3. The van der Waals surface area contributed by atoms with E-state index >= 15 is 0 Å². The minimum absolute atomic E-state index is 0.348. The molecule has 7 heteroatoms. The first-order valence-corrected chi connectivity index (χ1v) is 5.61. The highest BCUT2D eigenvalue weighted by atomic mass is 19.4. The van der Waals surface area contributed by atoms with Crippen molar-refractivity contribution in [1.82, 2.24) is 9.97 Å². The molecule has 1 aromatic carbocycles. The van der Waals surface area contributed by atoms with Gasteiger partial charge in [-0.25, -0.2) is 9.78 Å². The number of ether oxygens (including phenoxy) is 1. The molecule has 0 spiro atoms. The summed E-state index contributed by atoms with van der Waals surface area (Å²) in [5.74, 6) is -2.65. The van der Waals surface area contributed by atoms with Gasteiger partial charge in [-0.1, -0.05) is 18.2 Å². The molecule has 0 aliphatic heterocycles. The number of para-hydroxylation sites is 1. The third-order valence-corrected chi connectivity index (χ3v) is 2.80. The third kappa shape index (κ3) is 1.97. The standard InChI is InChI=1S/C13H7F3N2O2/c14-13(15,16)12(19)20-11-10-7-3-1-2-4-8(7)18-9(10)5-6-17-11/h1-6,18H. The van der Waals surface area contributed by atoms with Crippen molar-refractivity contribution in [3.8, 4) is 5.88 Å². The number of fused-ring (bicyclic) bond motifs is 3. The predicted molar refractivity (Wildman–Crippen MR) is 65.3 cm³/mol. The summed E-state index contributed by atoms with van der Waals surface area (Å²) in [5, 5.41) is 0.987. The van der Waals surface area contributed by atoms with E-state index in [0.29, 0.717) is 16.3 Å². The van der Waals surface area contributed by atoms with Gasteiger partial charge in [0, 0.05) is 17.1 Å². The van der Waals surface area contributed by atoms with E-state index in [0.717, 1.165) is 5.52 Å². The largest absolute Gasteiger partial charge is 0.491 e. The predicted octanol–water partition coefficient (Wildman–Crippen LogP) is 3.18. The molecule has 0 saturated carbocycles. The molecular weight excluding hydrogens is 273 g/mol. The Hall–Kier alpha value is -2.57. The molecule has 20 heavy (non-hydrogen) atoms. The fraction of sp³-hybridized carbons (Fsp3) is 0.0769. The van der Waals surface area contributed by atoms with Crippen LogP contribution in [0.3, 0.4) is 0 Å². The third-order valence-electron chi connectivity index (χ3n) is 2.80. The number of halogens is 3. The van der Waals surface area contributed by atoms with Crippen LogP contribution in [-0.2, 0) is 4.79 Å². The van der Waals surface area contributed by atoms with E-state index in [2.05, 4.69) is 14.7 Å². The topological polar surface area (TPSA) is 55.0 Å². The fourth-order valence-electron chi connectivity index (χ4n) is 1.99. The van der Waals surface area contributed by atoms with Gasteiger partial charge in [-0.15, -0.1) is 0 Å². The maximum absolute atomic E-state index is 12.3. The van der Waals surface area contributed by atoms with E-state index in [1.54, 1.807) is 30.3 Å². The zero-order chi connectivity index (χ0) is 14.3. The lowest BCUT2D eigenvalue weighted by Gasteiger charge is -2.06. The average molecular weight is 280 g/mol. The lowest BCUT2D eigenvalue weighted by molar-refractivity contribution is -0.189. The van der Waals surface area contributed by atoms with Gasteiger partial charge in [0.1, 0.15) is 0 Å². The molecule has 2 heterocycles. The summed E-state index contributed by atoms with van der Waals surface area (Å²) < 4.78 is 41.2. The molecule has 3 rings (SSSR count). The van der Waals surface area contributed by atoms with Crippen molar-refractivity contribution in [2.75, 3.05) is 0 Å². The van der Waals surface area contributed by atoms with Crippen molar-refractivity contribution >= 4 is 27.8 Å². The van der Waals surface area contributed by atoms with Gasteiger partial charge in [0.2, 0.25) is 5.88 Å². The van der Waals surface area contributed by atoms with Crippen LogP contribution in [0.15, 0.2) is 36.5 Å². The Morgan fingerprint density at radius 2 is 1.90 bits per heavy atom. The highest BCUT2D eigenvalue weighted by molar-refractivity contribution is 6.10. The summed E-state index contributed by atoms with van der Waals surface area (Å²) in [4.78, 5) is 17.7. The van der Waals surface area contributed by atoms with E-state index < -0.39 is 12.1 Å². The number of hydrogen-bond donors (Lipinski definition) is 1. The Kier molecular flexibility index (Phi) is 2.63. The summed E-state index contributed by atoms with van der Waals surface area (Å²) in [6.07, 6.45) is -3.79. The van der Waals surface area contributed by atoms with Crippen molar-refractivity contribution in [1.29, 1.82) is 0 Å². The van der Waals surface area contributed by atoms with E-state index in [9.17, 15) is 18.0 Å². The number of nitrogens with one attached hydrogen (secondary N) is 1. The number of H-pyrrole nitrogens is 1. The summed E-state index contributed by atoms with van der Waals surface area (Å²) >= 11 is 0. The lowest BCUT2D eigenvalue weighted by atomic mass is 10.2. The molecule has 0 atom stereocenters. The first kappa shape index (κ1) is 12.5. The maximum atomic E-state index is 12.3. The Balaban J connectivity index is 2.18. The zero-order valence-corrected chi connectivity index (χ0v) is 9.86. The molecule has 0 fully saturated rings. The minimum atomic E-state index is -5.06. The molecule has 0 saturated heterocycles. The number of aromatic nitrogens is 2. The first-order chi connectivity index (χ1) is 9.47. The summed E-state index contributed by atoms with van der Waals surface area (Å²) in [6.45, 7) is 0. The molecule has 0 aliphatic carbocycles. The molecule has 0 unspecified atom stereocenters. The SMILES string of the molecule is O=C(Oc1nccc2[nH]c3ccccc3c12)C(F)(F)F. The van der Waals surface area contributed by atoms with Gasteiger partial charge in [0.25, 0.3) is 0 Å². The monoisotopic (exact) mass is 280 g/mol. The molecule has 1 N–H and O–H groups in total. The average Bonchev–Trinajstić information content (AvgIpc) is 2.76. The van der Waals surface area contributed by atoms with Crippen molar-refractivity contribution in [2.45, 2.75) is 6.18 Å². The quantitative estimate of drug-likeness (QED) is 0.696. The molecule has 0 bridgehead atoms. The number of hydrogen-bond acceptors (Lipinski definition) is 3. The zero-order valence-electron chi connectivity index (χ0n) is 9.86. The van der Waals surface area contributed by atoms with Crippen LogP contribution >= 0.6 is 0 Å². The Morgan fingerprint density at radius 1 is 1.15 bits per heavy atom. The van der Waals surface area contributed by atoms with Crippen LogP contribution in [0.2, 0.25) is 0 Å². The molecule has 0 amide bonds. The van der Waals surface area contributed by atoms with Crippen molar-refractivity contribution in [3.05, 3.63) is 36.5 Å². The Morgan fingerprint density at radius 3 is 2.65 bits per heavy atom. The van der Waals surface area contributed by atoms with Gasteiger partial charge in [-0.05, 0) is 12.1 Å². The number of esters is 1. The molecule has 0 radical (unpaired) electrons. The number of pyridine rings is 1. The number of benzene rings is 1. The highest BCUT2D eigenvalue weighted by Gasteiger charge is 2.42. The van der Waals surface area contributed by atoms with E-state index in [1.165, 1.54) is 6.20 Å². The van der Waals surface area contributed by atoms with Crippen LogP contribution in [0.5, 0.6) is 5.88 Å². The van der Waals surface area contributed by atoms with Crippen LogP contribution in [-0.4, -0.2) is 22.1 Å². The Bertz CT molecular complexity index is 808. The van der Waals surface area contributed by atoms with Crippen molar-refractivity contribution < 1.29 is 22.7 Å². The normalized spacial score (nSPS) is 11.9. The second kappa shape index (κ2) is 4.22. The van der Waals surface area contributed by atoms with Crippen molar-refractivity contribution in [3.63, 3.8) is 0 Å². The van der Waals surface area contributed by atoms with E-state index in [-0.39, 0.29) is 5.88 Å². The van der Waals surface area contributed by atoms with Gasteiger partial charge in [0.15, 0.2) is 0 Å². The number of carbonyl (C=O) groups is 1. The maximum Gasteiger partial charge on any atom is 0.491 e. The lowest BCUT2D eigenvalue weighted by Crippen LogP contribution is -2.28. The number of aromatic amines is 1. The molecule has 2 aromatic heterocycles. The second-order valence-electron chi connectivity index (χ2n) is 4.10. The van der Waals surface area contributed by atoms with E-state index in [1.807, 2.05) is 0 Å². The first-order valence-electron chi connectivity index (χ1n) is 5.61. The van der Waals surface area contributed by atoms with Gasteiger partial charge in [-0.2, -0.15) is 13.2 Å². The van der Waals surface area contributed by atoms with Crippen LogP contribution < -0.4 is 4.74 Å². The molecule has 102 valence electrons. The molecule has 0 aliphatic rings. The summed E-state index contributed by atoms with van der Waals surface area (Å²) in [5.41, 5.74) is 1.27. The van der Waals surface area contributed by atoms with Crippen LogP contribution in [0.1, 0.15) is 0 Å². The number of nitrogens with zero attached hydrogens (tertiary/aromatic N) is 1. The molecular formula is C13H7F3N2O2. The molecule has 4 nitrogen and oxygen atoms in total. The van der Waals surface area contributed by atoms with Gasteiger partial charge in [-0.3, -0.25) is 0 Å². The van der Waals surface area contributed by atoms with Gasteiger partial charge < -0.3 is 9.72 Å². The number of rotatable bonds is 1. The molecule has 3 aromatic rings. The van der Waals surface area contributed by atoms with Gasteiger partial charge >= 0.3 is 12.1 Å². The van der Waals surface area contributed by atoms with Crippen molar-refractivity contribution in [2.24, 2.45) is 0 Å². The van der Waals surface area contributed by atoms with E-state index in [4.69, 9.17) is 0 Å². The highest BCUT2D eigenvalue weighted by Crippen LogP contribution is 2.32. The summed E-state index contributed by atoms with van der Waals surface area (Å²) in [7, 11) is 0. The minimum Gasteiger partial charge on any atom is -0.400 e. The second-order valence-corrected chi connectivity index (χ2v) is 4.10. The fourth-order valence-corrected chi connectivity index (χ4v) is 1.99. The van der Waals surface area contributed by atoms with Crippen LogP contribution in [0.4, 0.5) is 13.2 Å². The smallest absolute Gasteiger partial charge is 0.400 e. The Labute approximate surface area is 110 Å². The van der Waals surface area contributed by atoms with Crippen LogP contribution in [0.25, 0.3) is 21.8 Å². The van der Waals surface area contributed by atoms with Crippen LogP contribution in [0, 0.1) is 0 Å². The number of carbonyl (C=O) groups excluding carboxylic acids is 1. The summed E-state index contributed by atoms with van der Waals surface area (Å²) in [6, 6.07) is 8.59.